The lowest BCUT2D eigenvalue weighted by Gasteiger charge is -2.21. The molecule has 0 heterocycles. The Balaban J connectivity index is 2.59. The van der Waals surface area contributed by atoms with Crippen LogP contribution in [0.2, 0.25) is 0 Å². The topological polar surface area (TPSA) is 64.6 Å². The van der Waals surface area contributed by atoms with Gasteiger partial charge in [-0.3, -0.25) is 9.36 Å². The number of carbonyl (C=O) groups excluding carboxylic acids is 1. The van der Waals surface area contributed by atoms with Crippen LogP contribution in [0, 0.1) is 0 Å². The highest BCUT2D eigenvalue weighted by Gasteiger charge is 2.25. The van der Waals surface area contributed by atoms with E-state index in [4.69, 9.17) is 9.26 Å². The van der Waals surface area contributed by atoms with E-state index in [-0.39, 0.29) is 6.10 Å². The van der Waals surface area contributed by atoms with Crippen molar-refractivity contribution in [2.24, 2.45) is 0 Å². The highest BCUT2D eigenvalue weighted by atomic mass is 31.2. The zero-order valence-corrected chi connectivity index (χ0v) is 12.5. The smallest absolute Gasteiger partial charge is 0.323 e. The summed E-state index contributed by atoms with van der Waals surface area (Å²) in [6.07, 6.45) is -0.206. The van der Waals surface area contributed by atoms with Crippen LogP contribution in [0.25, 0.3) is 0 Å². The minimum Gasteiger partial charge on any atom is -0.462 e. The Hall–Kier alpha value is -1.32. The summed E-state index contributed by atoms with van der Waals surface area (Å²) >= 11 is 0. The SMILES string of the molecule is CC(C)OC(=O)[C@H](C)N[P@@](C)(=O)Oc1ccccc1. The molecule has 6 heteroatoms. The van der Waals surface area contributed by atoms with Gasteiger partial charge in [-0.2, -0.15) is 0 Å². The molecule has 0 saturated heterocycles. The quantitative estimate of drug-likeness (QED) is 0.643. The molecule has 5 nitrogen and oxygen atoms in total. The van der Waals surface area contributed by atoms with Gasteiger partial charge in [-0.05, 0) is 32.9 Å². The van der Waals surface area contributed by atoms with Crippen LogP contribution in [0.3, 0.4) is 0 Å². The van der Waals surface area contributed by atoms with Crippen LogP contribution >= 0.6 is 7.52 Å². The molecule has 0 saturated carbocycles. The zero-order chi connectivity index (χ0) is 14.5. The fourth-order valence-electron chi connectivity index (χ4n) is 1.45. The molecule has 0 aliphatic rings. The molecule has 0 radical (unpaired) electrons. The van der Waals surface area contributed by atoms with Gasteiger partial charge in [-0.15, -0.1) is 0 Å². The lowest BCUT2D eigenvalue weighted by Crippen LogP contribution is -2.35. The molecule has 1 aromatic rings. The molecule has 106 valence electrons. The second-order valence-electron chi connectivity index (χ2n) is 4.59. The molecule has 19 heavy (non-hydrogen) atoms. The summed E-state index contributed by atoms with van der Waals surface area (Å²) in [5, 5.41) is 2.67. The van der Waals surface area contributed by atoms with E-state index in [1.165, 1.54) is 6.66 Å². The molecule has 0 amide bonds. The largest absolute Gasteiger partial charge is 0.462 e. The Kier molecular flexibility index (Phi) is 5.58. The molecule has 1 rings (SSSR count). The van der Waals surface area contributed by atoms with E-state index in [0.717, 1.165) is 0 Å². The Morgan fingerprint density at radius 3 is 2.32 bits per heavy atom. The molecule has 0 fully saturated rings. The van der Waals surface area contributed by atoms with E-state index in [1.807, 2.05) is 6.07 Å². The molecule has 1 N–H and O–H groups in total. The highest BCUT2D eigenvalue weighted by Crippen LogP contribution is 2.39. The van der Waals surface area contributed by atoms with Gasteiger partial charge in [-0.1, -0.05) is 18.2 Å². The molecule has 0 bridgehead atoms. The highest BCUT2D eigenvalue weighted by molar-refractivity contribution is 7.56. The maximum atomic E-state index is 12.2. The van der Waals surface area contributed by atoms with Crippen molar-refractivity contribution in [2.45, 2.75) is 32.9 Å². The van der Waals surface area contributed by atoms with E-state index in [1.54, 1.807) is 45.0 Å². The van der Waals surface area contributed by atoms with Crippen molar-refractivity contribution < 1.29 is 18.6 Å². The summed E-state index contributed by atoms with van der Waals surface area (Å²) in [6, 6.07) is 8.12. The molecular formula is C13H20NO4P. The summed E-state index contributed by atoms with van der Waals surface area (Å²) in [5.74, 6) is 0.0407. The molecule has 0 aliphatic carbocycles. The number of para-hydroxylation sites is 1. The average Bonchev–Trinajstić information content (AvgIpc) is 2.27. The van der Waals surface area contributed by atoms with Crippen molar-refractivity contribution in [1.29, 1.82) is 0 Å². The summed E-state index contributed by atoms with van der Waals surface area (Å²) in [7, 11) is -3.12. The number of carbonyl (C=O) groups is 1. The third-order valence-electron chi connectivity index (χ3n) is 2.16. The molecule has 0 spiro atoms. The van der Waals surface area contributed by atoms with E-state index in [0.29, 0.717) is 5.75 Å². The summed E-state index contributed by atoms with van der Waals surface area (Å²) in [6.45, 7) is 6.54. The van der Waals surface area contributed by atoms with Gasteiger partial charge in [0, 0.05) is 6.66 Å². The monoisotopic (exact) mass is 285 g/mol. The van der Waals surface area contributed by atoms with Crippen LogP contribution < -0.4 is 9.61 Å². The minimum absolute atomic E-state index is 0.206. The predicted octanol–water partition coefficient (Wildman–Crippen LogP) is 2.82. The molecule has 2 atom stereocenters. The lowest BCUT2D eigenvalue weighted by atomic mass is 10.3. The summed E-state index contributed by atoms with van der Waals surface area (Å²) < 4.78 is 22.6. The van der Waals surface area contributed by atoms with Gasteiger partial charge in [0.1, 0.15) is 11.8 Å². The van der Waals surface area contributed by atoms with Crippen molar-refractivity contribution in [3.63, 3.8) is 0 Å². The van der Waals surface area contributed by atoms with Gasteiger partial charge in [-0.25, -0.2) is 5.09 Å². The molecular weight excluding hydrogens is 265 g/mol. The minimum atomic E-state index is -3.12. The van der Waals surface area contributed by atoms with Crippen molar-refractivity contribution in [3.8, 4) is 5.75 Å². The number of hydrogen-bond acceptors (Lipinski definition) is 4. The molecule has 1 aromatic carbocycles. The third-order valence-corrected chi connectivity index (χ3v) is 3.57. The van der Waals surface area contributed by atoms with Crippen LogP contribution in [0.4, 0.5) is 0 Å². The van der Waals surface area contributed by atoms with Crippen LogP contribution in [0.1, 0.15) is 20.8 Å². The van der Waals surface area contributed by atoms with Gasteiger partial charge in [0.05, 0.1) is 6.10 Å². The first-order valence-corrected chi connectivity index (χ1v) is 8.18. The van der Waals surface area contributed by atoms with Crippen LogP contribution in [-0.2, 0) is 14.1 Å². The average molecular weight is 285 g/mol. The molecule has 0 unspecified atom stereocenters. The Morgan fingerprint density at radius 2 is 1.79 bits per heavy atom. The Labute approximate surface area is 113 Å². The first kappa shape index (κ1) is 15.7. The maximum absolute atomic E-state index is 12.2. The van der Waals surface area contributed by atoms with Crippen molar-refractivity contribution in [2.75, 3.05) is 6.66 Å². The van der Waals surface area contributed by atoms with E-state index >= 15 is 0 Å². The molecule has 0 aliphatic heterocycles. The lowest BCUT2D eigenvalue weighted by molar-refractivity contribution is -0.149. The number of esters is 1. The summed E-state index contributed by atoms with van der Waals surface area (Å²) in [4.78, 5) is 11.6. The van der Waals surface area contributed by atoms with Crippen LogP contribution in [-0.4, -0.2) is 24.8 Å². The van der Waals surface area contributed by atoms with Crippen molar-refractivity contribution >= 4 is 13.5 Å². The standard InChI is InChI=1S/C13H20NO4P/c1-10(2)17-13(15)11(3)14-19(4,16)18-12-8-6-5-7-9-12/h5-11H,1-4H3,(H,14,16)/t11-,19-/m0/s1. The van der Waals surface area contributed by atoms with Crippen LogP contribution in [0.5, 0.6) is 5.75 Å². The number of ether oxygens (including phenoxy) is 1. The van der Waals surface area contributed by atoms with E-state index < -0.39 is 19.5 Å². The van der Waals surface area contributed by atoms with Crippen molar-refractivity contribution in [3.05, 3.63) is 30.3 Å². The van der Waals surface area contributed by atoms with E-state index in [2.05, 4.69) is 5.09 Å². The molecule has 0 aromatic heterocycles. The Bertz CT molecular complexity index is 461. The first-order chi connectivity index (χ1) is 8.80. The zero-order valence-electron chi connectivity index (χ0n) is 11.6. The fraction of sp³-hybridized carbons (Fsp3) is 0.462. The van der Waals surface area contributed by atoms with Gasteiger partial charge in [0.25, 0.3) is 0 Å². The number of hydrogen-bond donors (Lipinski definition) is 1. The van der Waals surface area contributed by atoms with E-state index in [9.17, 15) is 9.36 Å². The van der Waals surface area contributed by atoms with Gasteiger partial charge >= 0.3 is 13.5 Å². The Morgan fingerprint density at radius 1 is 1.21 bits per heavy atom. The number of rotatable bonds is 6. The number of benzene rings is 1. The van der Waals surface area contributed by atoms with Gasteiger partial charge in [0.2, 0.25) is 0 Å². The third kappa shape index (κ3) is 5.90. The fourth-order valence-corrected chi connectivity index (χ4v) is 2.83. The van der Waals surface area contributed by atoms with Gasteiger partial charge < -0.3 is 9.26 Å². The normalized spacial score (nSPS) is 15.6. The first-order valence-electron chi connectivity index (χ1n) is 6.10. The van der Waals surface area contributed by atoms with Gasteiger partial charge in [0.15, 0.2) is 0 Å². The predicted molar refractivity (Wildman–Crippen MR) is 74.4 cm³/mol. The van der Waals surface area contributed by atoms with Crippen molar-refractivity contribution in [1.82, 2.24) is 5.09 Å². The number of nitrogens with one attached hydrogen (secondary N) is 1. The summed E-state index contributed by atoms with van der Waals surface area (Å²) in [5.41, 5.74) is 0. The second kappa shape index (κ2) is 6.73. The van der Waals surface area contributed by atoms with Crippen LogP contribution in [0.15, 0.2) is 30.3 Å². The maximum Gasteiger partial charge on any atom is 0.323 e. The second-order valence-corrected chi connectivity index (χ2v) is 6.72.